The summed E-state index contributed by atoms with van der Waals surface area (Å²) in [6.45, 7) is 3.95. The van der Waals surface area contributed by atoms with E-state index in [4.69, 9.17) is 5.21 Å². The normalized spacial score (nSPS) is 14.1. The minimum atomic E-state index is -0.341. The molecule has 0 bridgehead atoms. The Morgan fingerprint density at radius 3 is 2.19 bits per heavy atom. The molecule has 3 nitrogen and oxygen atoms in total. The van der Waals surface area contributed by atoms with Gasteiger partial charge in [0.1, 0.15) is 0 Å². The predicted octanol–water partition coefficient (Wildman–Crippen LogP) is 3.73. The molecule has 0 aromatic carbocycles. The Morgan fingerprint density at radius 1 is 1.06 bits per heavy atom. The summed E-state index contributed by atoms with van der Waals surface area (Å²) in [7, 11) is 0. The number of rotatable bonds is 10. The minimum absolute atomic E-state index is 0.341. The van der Waals surface area contributed by atoms with Crippen LogP contribution in [-0.2, 0) is 0 Å². The molecule has 0 rings (SSSR count). The van der Waals surface area contributed by atoms with Crippen LogP contribution in [-0.4, -0.2) is 22.1 Å². The first-order valence-corrected chi connectivity index (χ1v) is 6.56. The Bertz CT molecular complexity index is 181. The molecule has 0 fully saturated rings. The van der Waals surface area contributed by atoms with Gasteiger partial charge < -0.3 is 10.3 Å². The molecule has 0 saturated carbocycles. The van der Waals surface area contributed by atoms with Crippen molar-refractivity contribution in [2.75, 3.05) is 0 Å². The Hall–Kier alpha value is -0.570. The summed E-state index contributed by atoms with van der Waals surface area (Å²) in [6, 6.07) is 0. The van der Waals surface area contributed by atoms with Crippen LogP contribution in [0.25, 0.3) is 0 Å². The van der Waals surface area contributed by atoms with E-state index in [1.807, 2.05) is 0 Å². The largest absolute Gasteiger partial charge is 0.411 e. The van der Waals surface area contributed by atoms with E-state index in [9.17, 15) is 5.11 Å². The van der Waals surface area contributed by atoms with Gasteiger partial charge in [0.15, 0.2) is 0 Å². The van der Waals surface area contributed by atoms with E-state index in [-0.39, 0.29) is 6.10 Å². The number of hydrogen-bond donors (Lipinski definition) is 2. The number of hydrogen-bond acceptors (Lipinski definition) is 3. The van der Waals surface area contributed by atoms with Gasteiger partial charge in [-0.1, -0.05) is 57.0 Å². The van der Waals surface area contributed by atoms with Crippen molar-refractivity contribution >= 4 is 5.71 Å². The zero-order valence-electron chi connectivity index (χ0n) is 10.8. The van der Waals surface area contributed by atoms with Gasteiger partial charge in [0.05, 0.1) is 11.8 Å². The van der Waals surface area contributed by atoms with Crippen molar-refractivity contribution in [1.82, 2.24) is 0 Å². The molecule has 0 aromatic rings. The highest BCUT2D eigenvalue weighted by atomic mass is 16.4. The quantitative estimate of drug-likeness (QED) is 0.259. The lowest BCUT2D eigenvalue weighted by Gasteiger charge is -2.09. The molecule has 1 atom stereocenters. The van der Waals surface area contributed by atoms with Crippen LogP contribution in [0.4, 0.5) is 0 Å². The van der Waals surface area contributed by atoms with Crippen molar-refractivity contribution in [3.8, 4) is 0 Å². The third kappa shape index (κ3) is 9.97. The molecule has 16 heavy (non-hydrogen) atoms. The zero-order valence-corrected chi connectivity index (χ0v) is 10.8. The van der Waals surface area contributed by atoms with Gasteiger partial charge in [-0.15, -0.1) is 0 Å². The van der Waals surface area contributed by atoms with Crippen LogP contribution in [0, 0.1) is 0 Å². The van der Waals surface area contributed by atoms with Gasteiger partial charge in [-0.05, 0) is 13.3 Å². The maximum atomic E-state index is 9.60. The fourth-order valence-electron chi connectivity index (χ4n) is 1.82. The molecule has 0 aromatic heterocycles. The molecule has 3 heteroatoms. The number of aliphatic hydroxyl groups excluding tert-OH is 1. The molecule has 1 unspecified atom stereocenters. The van der Waals surface area contributed by atoms with Crippen LogP contribution < -0.4 is 0 Å². The summed E-state index contributed by atoms with van der Waals surface area (Å²) < 4.78 is 0. The summed E-state index contributed by atoms with van der Waals surface area (Å²) >= 11 is 0. The molecule has 0 saturated heterocycles. The average Bonchev–Trinajstić information content (AvgIpc) is 2.27. The van der Waals surface area contributed by atoms with Crippen LogP contribution in [0.2, 0.25) is 0 Å². The second-order valence-corrected chi connectivity index (χ2v) is 4.60. The molecule has 0 aliphatic carbocycles. The third-order valence-electron chi connectivity index (χ3n) is 2.84. The number of oxime groups is 1. The second kappa shape index (κ2) is 10.9. The molecule has 2 N–H and O–H groups in total. The monoisotopic (exact) mass is 229 g/mol. The number of nitrogens with zero attached hydrogens (tertiary/aromatic N) is 1. The van der Waals surface area contributed by atoms with Crippen LogP contribution in [0.3, 0.4) is 0 Å². The van der Waals surface area contributed by atoms with E-state index in [1.54, 1.807) is 6.92 Å². The van der Waals surface area contributed by atoms with Gasteiger partial charge in [0.25, 0.3) is 0 Å². The minimum Gasteiger partial charge on any atom is -0.411 e. The Labute approximate surface area is 99.6 Å². The Balaban J connectivity index is 3.24. The van der Waals surface area contributed by atoms with E-state index in [0.717, 1.165) is 12.8 Å². The third-order valence-corrected chi connectivity index (χ3v) is 2.84. The van der Waals surface area contributed by atoms with Gasteiger partial charge in [-0.2, -0.15) is 0 Å². The van der Waals surface area contributed by atoms with Gasteiger partial charge in [-0.3, -0.25) is 0 Å². The average molecular weight is 229 g/mol. The second-order valence-electron chi connectivity index (χ2n) is 4.60. The van der Waals surface area contributed by atoms with Gasteiger partial charge >= 0.3 is 0 Å². The molecule has 0 spiro atoms. The van der Waals surface area contributed by atoms with E-state index in [1.165, 1.54) is 38.5 Å². The summed E-state index contributed by atoms with van der Waals surface area (Å²) in [4.78, 5) is 0. The first-order valence-electron chi connectivity index (χ1n) is 6.56. The SMILES string of the molecule is CCCCCCCCCC(O)CC(C)=NO. The van der Waals surface area contributed by atoms with Crippen LogP contribution >= 0.6 is 0 Å². The Kier molecular flexibility index (Phi) is 10.5. The lowest BCUT2D eigenvalue weighted by Crippen LogP contribution is -2.11. The summed E-state index contributed by atoms with van der Waals surface area (Å²) in [5, 5.41) is 21.1. The van der Waals surface area contributed by atoms with E-state index >= 15 is 0 Å². The molecule has 96 valence electrons. The highest BCUT2D eigenvalue weighted by Crippen LogP contribution is 2.11. The first kappa shape index (κ1) is 15.4. The van der Waals surface area contributed by atoms with Gasteiger partial charge in [-0.25, -0.2) is 0 Å². The zero-order chi connectivity index (χ0) is 12.2. The van der Waals surface area contributed by atoms with Crippen molar-refractivity contribution in [2.45, 2.75) is 77.7 Å². The van der Waals surface area contributed by atoms with Crippen molar-refractivity contribution in [3.05, 3.63) is 0 Å². The summed E-state index contributed by atoms with van der Waals surface area (Å²) in [5.74, 6) is 0. The van der Waals surface area contributed by atoms with Crippen molar-refractivity contribution in [3.63, 3.8) is 0 Å². The standard InChI is InChI=1S/C13H27NO2/c1-3-4-5-6-7-8-9-10-13(15)11-12(2)14-16/h13,15-16H,3-11H2,1-2H3. The highest BCUT2D eigenvalue weighted by molar-refractivity contribution is 5.81. The van der Waals surface area contributed by atoms with E-state index in [0.29, 0.717) is 12.1 Å². The van der Waals surface area contributed by atoms with E-state index in [2.05, 4.69) is 12.1 Å². The number of aliphatic hydroxyl groups is 1. The number of unbranched alkanes of at least 4 members (excludes halogenated alkanes) is 6. The maximum Gasteiger partial charge on any atom is 0.0593 e. The molecule has 0 radical (unpaired) electrons. The molecular formula is C13H27NO2. The molecular weight excluding hydrogens is 202 g/mol. The van der Waals surface area contributed by atoms with Crippen LogP contribution in [0.15, 0.2) is 5.16 Å². The molecule has 0 amide bonds. The van der Waals surface area contributed by atoms with Crippen molar-refractivity contribution < 1.29 is 10.3 Å². The molecule has 0 aliphatic heterocycles. The van der Waals surface area contributed by atoms with Crippen LogP contribution in [0.1, 0.15) is 71.6 Å². The topological polar surface area (TPSA) is 52.8 Å². The lowest BCUT2D eigenvalue weighted by molar-refractivity contribution is 0.166. The first-order chi connectivity index (χ1) is 7.70. The lowest BCUT2D eigenvalue weighted by atomic mass is 10.0. The highest BCUT2D eigenvalue weighted by Gasteiger charge is 2.05. The predicted molar refractivity (Wildman–Crippen MR) is 68.1 cm³/mol. The van der Waals surface area contributed by atoms with Gasteiger partial charge in [0, 0.05) is 6.42 Å². The molecule has 0 heterocycles. The molecule has 0 aliphatic rings. The van der Waals surface area contributed by atoms with E-state index < -0.39 is 0 Å². The van der Waals surface area contributed by atoms with Crippen molar-refractivity contribution in [2.24, 2.45) is 5.16 Å². The maximum absolute atomic E-state index is 9.60. The fourth-order valence-corrected chi connectivity index (χ4v) is 1.82. The summed E-state index contributed by atoms with van der Waals surface area (Å²) in [6.07, 6.45) is 9.82. The van der Waals surface area contributed by atoms with Crippen molar-refractivity contribution in [1.29, 1.82) is 0 Å². The fraction of sp³-hybridized carbons (Fsp3) is 0.923. The van der Waals surface area contributed by atoms with Crippen LogP contribution in [0.5, 0.6) is 0 Å². The van der Waals surface area contributed by atoms with Gasteiger partial charge in [0.2, 0.25) is 0 Å². The smallest absolute Gasteiger partial charge is 0.0593 e. The summed E-state index contributed by atoms with van der Waals surface area (Å²) in [5.41, 5.74) is 0.607. The Morgan fingerprint density at radius 2 is 1.62 bits per heavy atom.